The van der Waals surface area contributed by atoms with Crippen molar-refractivity contribution in [2.75, 3.05) is 0 Å². The molecule has 0 spiro atoms. The van der Waals surface area contributed by atoms with Crippen molar-refractivity contribution in [3.63, 3.8) is 0 Å². The Kier molecular flexibility index (Phi) is 4.10. The van der Waals surface area contributed by atoms with E-state index in [1.807, 2.05) is 0 Å². The van der Waals surface area contributed by atoms with Crippen molar-refractivity contribution in [3.05, 3.63) is 39.4 Å². The maximum Gasteiger partial charge on any atom is 0.404 e. The van der Waals surface area contributed by atoms with Crippen molar-refractivity contribution >= 4 is 11.7 Å². The summed E-state index contributed by atoms with van der Waals surface area (Å²) in [6, 6.07) is 0.418. The van der Waals surface area contributed by atoms with Gasteiger partial charge in [-0.05, 0) is 25.0 Å². The van der Waals surface area contributed by atoms with Crippen LogP contribution in [0.1, 0.15) is 23.5 Å². The minimum atomic E-state index is -4.61. The van der Waals surface area contributed by atoms with E-state index >= 15 is 0 Å². The molecule has 0 aliphatic carbocycles. The first-order valence-corrected chi connectivity index (χ1v) is 6.41. The standard InChI is InChI=1S/C13H13F3N2O4/c1-6-4-7(2-3-10(6)18(21)22)8-5-9(12(19)20)17-11(8)13(14,15)16/h2-4,8-9,11,17H,5H2,1H3,(H,19,20)/t8?,9-,11+/m0/s1. The van der Waals surface area contributed by atoms with E-state index in [0.717, 1.165) is 6.07 Å². The lowest BCUT2D eigenvalue weighted by molar-refractivity contribution is -0.385. The molecule has 0 radical (unpaired) electrons. The van der Waals surface area contributed by atoms with E-state index in [4.69, 9.17) is 5.11 Å². The van der Waals surface area contributed by atoms with Gasteiger partial charge in [-0.2, -0.15) is 13.2 Å². The van der Waals surface area contributed by atoms with E-state index in [2.05, 4.69) is 5.32 Å². The number of nitro groups is 1. The average molecular weight is 318 g/mol. The van der Waals surface area contributed by atoms with Gasteiger partial charge in [0, 0.05) is 17.5 Å². The molecule has 120 valence electrons. The zero-order valence-electron chi connectivity index (χ0n) is 11.4. The number of alkyl halides is 3. The number of carboxylic acids is 1. The molecule has 1 fully saturated rings. The van der Waals surface area contributed by atoms with Crippen LogP contribution in [0.2, 0.25) is 0 Å². The molecule has 1 aromatic rings. The predicted octanol–water partition coefficient (Wildman–Crippen LogP) is 2.36. The van der Waals surface area contributed by atoms with E-state index in [9.17, 15) is 28.1 Å². The normalized spacial score (nSPS) is 25.2. The maximum atomic E-state index is 13.1. The third-order valence-corrected chi connectivity index (χ3v) is 3.77. The molecular weight excluding hydrogens is 305 g/mol. The van der Waals surface area contributed by atoms with Gasteiger partial charge in [0.15, 0.2) is 0 Å². The van der Waals surface area contributed by atoms with Crippen LogP contribution in [0.4, 0.5) is 18.9 Å². The second-order valence-corrected chi connectivity index (χ2v) is 5.22. The van der Waals surface area contributed by atoms with Gasteiger partial charge >= 0.3 is 12.1 Å². The lowest BCUT2D eigenvalue weighted by Crippen LogP contribution is -2.44. The number of carboxylic acid groups (broad SMARTS) is 1. The second-order valence-electron chi connectivity index (χ2n) is 5.22. The number of aliphatic carboxylic acids is 1. The van der Waals surface area contributed by atoms with Crippen LogP contribution in [0.3, 0.4) is 0 Å². The summed E-state index contributed by atoms with van der Waals surface area (Å²) in [5, 5.41) is 21.7. The lowest BCUT2D eigenvalue weighted by atomic mass is 9.89. The minimum absolute atomic E-state index is 0.187. The SMILES string of the molecule is Cc1cc(C2C[C@@H](C(=O)O)N[C@H]2C(F)(F)F)ccc1[N+](=O)[O-]. The van der Waals surface area contributed by atoms with Crippen LogP contribution in [0, 0.1) is 17.0 Å². The van der Waals surface area contributed by atoms with Gasteiger partial charge in [0.2, 0.25) is 0 Å². The largest absolute Gasteiger partial charge is 0.480 e. The molecule has 1 unspecified atom stereocenters. The molecular formula is C13H13F3N2O4. The number of rotatable bonds is 3. The van der Waals surface area contributed by atoms with Crippen LogP contribution in [0.25, 0.3) is 0 Å². The monoisotopic (exact) mass is 318 g/mol. The average Bonchev–Trinajstić information content (AvgIpc) is 2.83. The highest BCUT2D eigenvalue weighted by Gasteiger charge is 2.52. The lowest BCUT2D eigenvalue weighted by Gasteiger charge is -2.22. The Morgan fingerprint density at radius 1 is 1.45 bits per heavy atom. The Balaban J connectivity index is 2.38. The van der Waals surface area contributed by atoms with Crippen molar-refractivity contribution < 1.29 is 28.0 Å². The van der Waals surface area contributed by atoms with Crippen LogP contribution in [-0.2, 0) is 4.79 Å². The molecule has 3 atom stereocenters. The fourth-order valence-electron chi connectivity index (χ4n) is 2.73. The molecule has 1 heterocycles. The van der Waals surface area contributed by atoms with Crippen molar-refractivity contribution in [1.29, 1.82) is 0 Å². The minimum Gasteiger partial charge on any atom is -0.480 e. The molecule has 0 amide bonds. The first-order chi connectivity index (χ1) is 10.1. The summed E-state index contributed by atoms with van der Waals surface area (Å²) in [4.78, 5) is 21.1. The molecule has 1 aliphatic rings. The van der Waals surface area contributed by atoms with Crippen LogP contribution in [0.15, 0.2) is 18.2 Å². The predicted molar refractivity (Wildman–Crippen MR) is 69.6 cm³/mol. The highest BCUT2D eigenvalue weighted by atomic mass is 19.4. The summed E-state index contributed by atoms with van der Waals surface area (Å²) in [6.45, 7) is 1.43. The van der Waals surface area contributed by atoms with E-state index in [-0.39, 0.29) is 23.2 Å². The molecule has 6 nitrogen and oxygen atoms in total. The Hall–Kier alpha value is -2.16. The number of nitrogens with zero attached hydrogens (tertiary/aromatic N) is 1. The number of aryl methyl sites for hydroxylation is 1. The third-order valence-electron chi connectivity index (χ3n) is 3.77. The topological polar surface area (TPSA) is 92.5 Å². The summed E-state index contributed by atoms with van der Waals surface area (Å²) in [5.74, 6) is -2.45. The quantitative estimate of drug-likeness (QED) is 0.659. The van der Waals surface area contributed by atoms with Crippen molar-refractivity contribution in [2.24, 2.45) is 0 Å². The maximum absolute atomic E-state index is 13.1. The Labute approximate surface area is 123 Å². The highest BCUT2D eigenvalue weighted by Crippen LogP contribution is 2.40. The Morgan fingerprint density at radius 2 is 2.09 bits per heavy atom. The molecule has 2 N–H and O–H groups in total. The molecule has 0 aromatic heterocycles. The van der Waals surface area contributed by atoms with Gasteiger partial charge in [-0.25, -0.2) is 0 Å². The summed E-state index contributed by atoms with van der Waals surface area (Å²) < 4.78 is 39.2. The number of benzene rings is 1. The molecule has 22 heavy (non-hydrogen) atoms. The van der Waals surface area contributed by atoms with E-state index < -0.39 is 35.1 Å². The highest BCUT2D eigenvalue weighted by molar-refractivity contribution is 5.74. The molecule has 9 heteroatoms. The van der Waals surface area contributed by atoms with E-state index in [1.54, 1.807) is 0 Å². The molecule has 1 saturated heterocycles. The van der Waals surface area contributed by atoms with Gasteiger partial charge < -0.3 is 5.11 Å². The van der Waals surface area contributed by atoms with Crippen molar-refractivity contribution in [3.8, 4) is 0 Å². The van der Waals surface area contributed by atoms with Gasteiger partial charge in [0.25, 0.3) is 5.69 Å². The fraction of sp³-hybridized carbons (Fsp3) is 0.462. The first-order valence-electron chi connectivity index (χ1n) is 6.41. The smallest absolute Gasteiger partial charge is 0.404 e. The van der Waals surface area contributed by atoms with Crippen molar-refractivity contribution in [1.82, 2.24) is 5.32 Å². The zero-order valence-corrected chi connectivity index (χ0v) is 11.4. The summed E-state index contributed by atoms with van der Waals surface area (Å²) in [7, 11) is 0. The van der Waals surface area contributed by atoms with Gasteiger partial charge in [0.1, 0.15) is 12.1 Å². The Morgan fingerprint density at radius 3 is 2.55 bits per heavy atom. The molecule has 1 aromatic carbocycles. The Bertz CT molecular complexity index is 618. The number of halogens is 3. The fourth-order valence-corrected chi connectivity index (χ4v) is 2.73. The van der Waals surface area contributed by atoms with Crippen LogP contribution in [-0.4, -0.2) is 34.3 Å². The van der Waals surface area contributed by atoms with Crippen molar-refractivity contribution in [2.45, 2.75) is 37.5 Å². The third kappa shape index (κ3) is 3.03. The van der Waals surface area contributed by atoms with E-state index in [0.29, 0.717) is 0 Å². The zero-order chi connectivity index (χ0) is 16.7. The molecule has 0 bridgehead atoms. The molecule has 2 rings (SSSR count). The summed E-state index contributed by atoms with van der Waals surface area (Å²) >= 11 is 0. The van der Waals surface area contributed by atoms with Gasteiger partial charge in [-0.3, -0.25) is 20.2 Å². The van der Waals surface area contributed by atoms with Gasteiger partial charge in [0.05, 0.1) is 4.92 Å². The summed E-state index contributed by atoms with van der Waals surface area (Å²) in [5.41, 5.74) is 0.289. The summed E-state index contributed by atoms with van der Waals surface area (Å²) in [6.07, 6.45) is -4.83. The molecule has 0 saturated carbocycles. The number of nitro benzene ring substituents is 1. The van der Waals surface area contributed by atoms with Crippen LogP contribution >= 0.6 is 0 Å². The first kappa shape index (κ1) is 16.2. The number of hydrogen-bond donors (Lipinski definition) is 2. The van der Waals surface area contributed by atoms with E-state index in [1.165, 1.54) is 19.1 Å². The van der Waals surface area contributed by atoms with Gasteiger partial charge in [-0.1, -0.05) is 6.07 Å². The van der Waals surface area contributed by atoms with Crippen LogP contribution < -0.4 is 5.32 Å². The molecule has 1 aliphatic heterocycles. The van der Waals surface area contributed by atoms with Gasteiger partial charge in [-0.15, -0.1) is 0 Å². The number of nitrogens with one attached hydrogen (secondary N) is 1. The number of hydrogen-bond acceptors (Lipinski definition) is 4. The number of carbonyl (C=O) groups is 1. The van der Waals surface area contributed by atoms with Crippen LogP contribution in [0.5, 0.6) is 0 Å². The second kappa shape index (κ2) is 5.56.